The first-order valence-electron chi connectivity index (χ1n) is 6.33. The van der Waals surface area contributed by atoms with Crippen LogP contribution in [0.1, 0.15) is 38.3 Å². The van der Waals surface area contributed by atoms with Crippen LogP contribution in [0.2, 0.25) is 0 Å². The summed E-state index contributed by atoms with van der Waals surface area (Å²) in [4.78, 5) is 21.3. The first-order chi connectivity index (χ1) is 9.20. The third-order valence-corrected chi connectivity index (χ3v) is 3.50. The van der Waals surface area contributed by atoms with Crippen molar-refractivity contribution < 1.29 is 14.4 Å². The fourth-order valence-corrected chi connectivity index (χ4v) is 2.45. The standard InChI is InChI=1S/C12H17N3O3S/c1-2-17-11(16)10(9-7-19-12(13)14-9)15-18-8-5-3-4-6-8/h7-8H,2-6H2,1H3,(H2,13,14)/b15-10-. The molecule has 0 aliphatic heterocycles. The number of hydrogen-bond donors (Lipinski definition) is 1. The van der Waals surface area contributed by atoms with Crippen LogP contribution >= 0.6 is 11.3 Å². The minimum Gasteiger partial charge on any atom is -0.461 e. The molecular weight excluding hydrogens is 266 g/mol. The van der Waals surface area contributed by atoms with Crippen LogP contribution in [0, 0.1) is 0 Å². The molecule has 1 aliphatic rings. The molecule has 0 atom stereocenters. The number of oxime groups is 1. The lowest BCUT2D eigenvalue weighted by Gasteiger charge is -2.08. The van der Waals surface area contributed by atoms with Gasteiger partial charge in [-0.1, -0.05) is 5.16 Å². The summed E-state index contributed by atoms with van der Waals surface area (Å²) in [5.74, 6) is -0.536. The van der Waals surface area contributed by atoms with Gasteiger partial charge in [-0.05, 0) is 32.6 Å². The number of rotatable bonds is 5. The van der Waals surface area contributed by atoms with Crippen molar-refractivity contribution in [1.82, 2.24) is 4.98 Å². The van der Waals surface area contributed by atoms with Crippen molar-refractivity contribution in [3.63, 3.8) is 0 Å². The number of nitrogens with two attached hydrogens (primary N) is 1. The number of carbonyl (C=O) groups excluding carboxylic acids is 1. The Kier molecular flexibility index (Phi) is 4.73. The monoisotopic (exact) mass is 283 g/mol. The average Bonchev–Trinajstić information content (AvgIpc) is 3.02. The van der Waals surface area contributed by atoms with Crippen molar-refractivity contribution in [2.24, 2.45) is 5.16 Å². The van der Waals surface area contributed by atoms with Crippen molar-refractivity contribution in [1.29, 1.82) is 0 Å². The van der Waals surface area contributed by atoms with Crippen molar-refractivity contribution >= 4 is 28.1 Å². The Morgan fingerprint density at radius 1 is 1.58 bits per heavy atom. The second kappa shape index (κ2) is 6.51. The Labute approximate surface area is 115 Å². The molecule has 0 bridgehead atoms. The lowest BCUT2D eigenvalue weighted by molar-refractivity contribution is -0.135. The quantitative estimate of drug-likeness (QED) is 0.507. The highest BCUT2D eigenvalue weighted by molar-refractivity contribution is 7.13. The maximum Gasteiger partial charge on any atom is 0.362 e. The van der Waals surface area contributed by atoms with Crippen LogP contribution in [-0.4, -0.2) is 29.4 Å². The van der Waals surface area contributed by atoms with E-state index in [0.29, 0.717) is 10.8 Å². The Bertz CT molecular complexity index is 467. The number of carbonyl (C=O) groups is 1. The van der Waals surface area contributed by atoms with E-state index >= 15 is 0 Å². The summed E-state index contributed by atoms with van der Waals surface area (Å²) in [5, 5.41) is 5.99. The topological polar surface area (TPSA) is 86.8 Å². The number of nitrogens with zero attached hydrogens (tertiary/aromatic N) is 2. The minimum absolute atomic E-state index is 0.0837. The normalized spacial score (nSPS) is 16.6. The molecule has 0 spiro atoms. The first-order valence-corrected chi connectivity index (χ1v) is 7.21. The molecule has 1 saturated carbocycles. The summed E-state index contributed by atoms with van der Waals surface area (Å²) in [6.07, 6.45) is 4.30. The summed E-state index contributed by atoms with van der Waals surface area (Å²) in [6.45, 7) is 2.02. The van der Waals surface area contributed by atoms with E-state index in [1.807, 2.05) is 0 Å². The van der Waals surface area contributed by atoms with Gasteiger partial charge >= 0.3 is 5.97 Å². The highest BCUT2D eigenvalue weighted by Gasteiger charge is 2.22. The van der Waals surface area contributed by atoms with Crippen molar-refractivity contribution in [3.8, 4) is 0 Å². The SMILES string of the molecule is CCOC(=O)/C(=N\OC1CCCC1)c1csc(N)n1. The third-order valence-electron chi connectivity index (χ3n) is 2.83. The molecule has 6 nitrogen and oxygen atoms in total. The molecule has 0 unspecified atom stereocenters. The number of thiazole rings is 1. The van der Waals surface area contributed by atoms with E-state index < -0.39 is 5.97 Å². The van der Waals surface area contributed by atoms with Gasteiger partial charge in [0.15, 0.2) is 5.13 Å². The number of esters is 1. The van der Waals surface area contributed by atoms with Crippen LogP contribution in [0.15, 0.2) is 10.5 Å². The van der Waals surface area contributed by atoms with Gasteiger partial charge in [0.05, 0.1) is 6.61 Å². The van der Waals surface area contributed by atoms with Crippen LogP contribution in [-0.2, 0) is 14.4 Å². The molecule has 1 aromatic heterocycles. The molecule has 104 valence electrons. The van der Waals surface area contributed by atoms with Gasteiger partial charge in [-0.15, -0.1) is 11.3 Å². The average molecular weight is 283 g/mol. The molecule has 2 rings (SSSR count). The molecule has 2 N–H and O–H groups in total. The lowest BCUT2D eigenvalue weighted by atomic mass is 10.3. The van der Waals surface area contributed by atoms with Crippen molar-refractivity contribution in [2.45, 2.75) is 38.7 Å². The Morgan fingerprint density at radius 2 is 2.32 bits per heavy atom. The largest absolute Gasteiger partial charge is 0.461 e. The molecule has 0 saturated heterocycles. The zero-order valence-corrected chi connectivity index (χ0v) is 11.6. The molecule has 1 heterocycles. The van der Waals surface area contributed by atoms with Crippen LogP contribution in [0.4, 0.5) is 5.13 Å². The fraction of sp³-hybridized carbons (Fsp3) is 0.583. The van der Waals surface area contributed by atoms with Crippen molar-refractivity contribution in [2.75, 3.05) is 12.3 Å². The van der Waals surface area contributed by atoms with Gasteiger partial charge in [-0.3, -0.25) is 0 Å². The zero-order valence-electron chi connectivity index (χ0n) is 10.8. The molecule has 19 heavy (non-hydrogen) atoms. The van der Waals surface area contributed by atoms with E-state index in [9.17, 15) is 4.79 Å². The van der Waals surface area contributed by atoms with E-state index in [1.54, 1.807) is 12.3 Å². The molecule has 0 amide bonds. The molecule has 1 fully saturated rings. The Morgan fingerprint density at radius 3 is 2.89 bits per heavy atom. The highest BCUT2D eigenvalue weighted by Crippen LogP contribution is 2.21. The Hall–Kier alpha value is -1.63. The molecule has 0 radical (unpaired) electrons. The molecule has 1 aromatic rings. The number of ether oxygens (including phenoxy) is 1. The Balaban J connectivity index is 2.13. The molecule has 0 aromatic carbocycles. The van der Waals surface area contributed by atoms with Gasteiger partial charge in [0.1, 0.15) is 11.8 Å². The van der Waals surface area contributed by atoms with Gasteiger partial charge in [0, 0.05) is 5.38 Å². The van der Waals surface area contributed by atoms with Crippen LogP contribution in [0.5, 0.6) is 0 Å². The van der Waals surface area contributed by atoms with E-state index in [2.05, 4.69) is 10.1 Å². The van der Waals surface area contributed by atoms with Gasteiger partial charge < -0.3 is 15.3 Å². The maximum absolute atomic E-state index is 11.8. The first kappa shape index (κ1) is 13.8. The second-order valence-corrected chi connectivity index (χ2v) is 5.13. The summed E-state index contributed by atoms with van der Waals surface area (Å²) < 4.78 is 4.96. The smallest absolute Gasteiger partial charge is 0.362 e. The number of anilines is 1. The predicted octanol–water partition coefficient (Wildman–Crippen LogP) is 1.95. The summed E-state index contributed by atoms with van der Waals surface area (Å²) >= 11 is 1.25. The van der Waals surface area contributed by atoms with Crippen LogP contribution < -0.4 is 5.73 Å². The summed E-state index contributed by atoms with van der Waals surface area (Å²) in [5.41, 5.74) is 6.05. The second-order valence-electron chi connectivity index (χ2n) is 4.24. The maximum atomic E-state index is 11.8. The van der Waals surface area contributed by atoms with Gasteiger partial charge in [0.2, 0.25) is 5.71 Å². The van der Waals surface area contributed by atoms with E-state index in [1.165, 1.54) is 11.3 Å². The third kappa shape index (κ3) is 3.66. The fourth-order valence-electron chi connectivity index (χ4n) is 1.91. The molecule has 7 heteroatoms. The van der Waals surface area contributed by atoms with Crippen LogP contribution in [0.3, 0.4) is 0 Å². The van der Waals surface area contributed by atoms with E-state index in [-0.39, 0.29) is 18.4 Å². The van der Waals surface area contributed by atoms with Crippen LogP contribution in [0.25, 0.3) is 0 Å². The minimum atomic E-state index is -0.536. The molecule has 1 aliphatic carbocycles. The van der Waals surface area contributed by atoms with Gasteiger partial charge in [-0.2, -0.15) is 0 Å². The lowest BCUT2D eigenvalue weighted by Crippen LogP contribution is -2.20. The van der Waals surface area contributed by atoms with E-state index in [0.717, 1.165) is 25.7 Å². The van der Waals surface area contributed by atoms with E-state index in [4.69, 9.17) is 15.3 Å². The number of nitrogen functional groups attached to an aromatic ring is 1. The van der Waals surface area contributed by atoms with Gasteiger partial charge in [-0.25, -0.2) is 9.78 Å². The van der Waals surface area contributed by atoms with Crippen molar-refractivity contribution in [3.05, 3.63) is 11.1 Å². The summed E-state index contributed by atoms with van der Waals surface area (Å²) in [7, 11) is 0. The predicted molar refractivity (Wildman–Crippen MR) is 73.0 cm³/mol. The summed E-state index contributed by atoms with van der Waals surface area (Å²) in [6, 6.07) is 0. The number of aromatic nitrogens is 1. The zero-order chi connectivity index (χ0) is 13.7. The molecular formula is C12H17N3O3S. The van der Waals surface area contributed by atoms with Gasteiger partial charge in [0.25, 0.3) is 0 Å². The number of hydrogen-bond acceptors (Lipinski definition) is 7. The highest BCUT2D eigenvalue weighted by atomic mass is 32.1.